The Morgan fingerprint density at radius 3 is 2.70 bits per heavy atom. The molecule has 1 aliphatic carbocycles. The van der Waals surface area contributed by atoms with Crippen LogP contribution in [0.15, 0.2) is 4.42 Å². The van der Waals surface area contributed by atoms with Gasteiger partial charge < -0.3 is 24.5 Å². The third kappa shape index (κ3) is 3.97. The number of nitrogens with zero attached hydrogens (tertiary/aromatic N) is 3. The monoisotopic (exact) mass is 377 g/mol. The van der Waals surface area contributed by atoms with E-state index in [-0.39, 0.29) is 17.7 Å². The van der Waals surface area contributed by atoms with Crippen LogP contribution in [0.5, 0.6) is 0 Å². The Hall–Kier alpha value is -2.83. The van der Waals surface area contributed by atoms with Gasteiger partial charge in [0.2, 0.25) is 11.8 Å². The zero-order valence-corrected chi connectivity index (χ0v) is 15.7. The summed E-state index contributed by atoms with van der Waals surface area (Å²) in [5.74, 6) is 0.553. The fourth-order valence-corrected chi connectivity index (χ4v) is 3.36. The third-order valence-electron chi connectivity index (χ3n) is 4.55. The number of nitrogens with one attached hydrogen (secondary N) is 2. The molecule has 2 amide bonds. The zero-order chi connectivity index (χ0) is 19.8. The maximum absolute atomic E-state index is 12.3. The molecule has 10 nitrogen and oxygen atoms in total. The lowest BCUT2D eigenvalue weighted by Crippen LogP contribution is -2.55. The van der Waals surface area contributed by atoms with E-state index in [0.29, 0.717) is 19.3 Å². The number of carbonyl (C=O) groups excluding carboxylic acids is 2. The molecule has 0 spiro atoms. The molecule has 2 N–H and O–H groups in total. The van der Waals surface area contributed by atoms with Gasteiger partial charge in [-0.15, -0.1) is 10.2 Å². The highest BCUT2D eigenvalue weighted by atomic mass is 16.6. The van der Waals surface area contributed by atoms with Gasteiger partial charge in [0.1, 0.15) is 23.3 Å². The van der Waals surface area contributed by atoms with Gasteiger partial charge >= 0.3 is 12.2 Å². The number of aromatic nitrogens is 2. The minimum Gasteiger partial charge on any atom is -0.444 e. The molecule has 27 heavy (non-hydrogen) atoms. The van der Waals surface area contributed by atoms with Crippen molar-refractivity contribution in [2.75, 3.05) is 0 Å². The fourth-order valence-electron chi connectivity index (χ4n) is 3.36. The van der Waals surface area contributed by atoms with Crippen molar-refractivity contribution in [2.24, 2.45) is 5.92 Å². The van der Waals surface area contributed by atoms with Crippen molar-refractivity contribution in [3.8, 4) is 6.07 Å². The van der Waals surface area contributed by atoms with Crippen LogP contribution in [0.2, 0.25) is 0 Å². The Balaban J connectivity index is 1.79. The summed E-state index contributed by atoms with van der Waals surface area (Å²) >= 11 is 0. The molecular formula is C17H23N5O5. The van der Waals surface area contributed by atoms with E-state index < -0.39 is 35.5 Å². The van der Waals surface area contributed by atoms with Crippen LogP contribution in [0.25, 0.3) is 0 Å². The van der Waals surface area contributed by atoms with Crippen molar-refractivity contribution in [1.82, 2.24) is 20.8 Å². The van der Waals surface area contributed by atoms with E-state index in [9.17, 15) is 9.59 Å². The predicted molar refractivity (Wildman–Crippen MR) is 90.1 cm³/mol. The summed E-state index contributed by atoms with van der Waals surface area (Å²) in [6, 6.07) is 1.59. The first kappa shape index (κ1) is 18.9. The highest BCUT2D eigenvalue weighted by Crippen LogP contribution is 2.47. The van der Waals surface area contributed by atoms with Crippen LogP contribution in [0, 0.1) is 17.2 Å². The van der Waals surface area contributed by atoms with E-state index in [1.165, 1.54) is 0 Å². The van der Waals surface area contributed by atoms with E-state index in [0.717, 1.165) is 0 Å². The van der Waals surface area contributed by atoms with Crippen LogP contribution in [-0.2, 0) is 15.0 Å². The molecule has 1 saturated heterocycles. The lowest BCUT2D eigenvalue weighted by Gasteiger charge is -2.44. The first-order chi connectivity index (χ1) is 12.6. The molecule has 2 fully saturated rings. The summed E-state index contributed by atoms with van der Waals surface area (Å²) in [6.45, 7) is 7.03. The number of amides is 2. The summed E-state index contributed by atoms with van der Waals surface area (Å²) in [5, 5.41) is 22.4. The second-order valence-corrected chi connectivity index (χ2v) is 8.02. The molecule has 0 aromatic carbocycles. The lowest BCUT2D eigenvalue weighted by molar-refractivity contribution is 0.0197. The molecule has 1 aromatic heterocycles. The number of carbonyl (C=O) groups is 2. The standard InChI is InChI=1S/C17H23N5O5/c1-9-11(19-14(23)25-9)12-21-22-13(26-12)17(7-10(8-17)5-6-18)20-15(24)27-16(2,3)4/h9-11H,5,7-8H2,1-4H3,(H,19,23)(H,20,24)/t9-,10?,11+,17?/m1/s1. The van der Waals surface area contributed by atoms with Crippen molar-refractivity contribution in [3.63, 3.8) is 0 Å². The molecule has 2 heterocycles. The Morgan fingerprint density at radius 2 is 2.15 bits per heavy atom. The molecule has 10 heteroatoms. The Bertz CT molecular complexity index is 771. The lowest BCUT2D eigenvalue weighted by atomic mass is 9.67. The van der Waals surface area contributed by atoms with Gasteiger partial charge in [-0.2, -0.15) is 5.26 Å². The van der Waals surface area contributed by atoms with E-state index in [1.54, 1.807) is 27.7 Å². The van der Waals surface area contributed by atoms with Crippen molar-refractivity contribution >= 4 is 12.2 Å². The number of ether oxygens (including phenoxy) is 2. The average molecular weight is 377 g/mol. The van der Waals surface area contributed by atoms with Crippen molar-refractivity contribution in [1.29, 1.82) is 5.26 Å². The Kier molecular flexibility index (Phi) is 4.71. The van der Waals surface area contributed by atoms with Crippen LogP contribution in [0.1, 0.15) is 64.8 Å². The van der Waals surface area contributed by atoms with Gasteiger partial charge in [-0.25, -0.2) is 9.59 Å². The number of alkyl carbamates (subject to hydrolysis) is 2. The van der Waals surface area contributed by atoms with E-state index in [4.69, 9.17) is 19.2 Å². The highest BCUT2D eigenvalue weighted by Gasteiger charge is 2.52. The summed E-state index contributed by atoms with van der Waals surface area (Å²) in [4.78, 5) is 23.7. The molecule has 2 atom stereocenters. The van der Waals surface area contributed by atoms with E-state index in [1.807, 2.05) is 0 Å². The van der Waals surface area contributed by atoms with Gasteiger partial charge in [0, 0.05) is 6.42 Å². The Morgan fingerprint density at radius 1 is 1.44 bits per heavy atom. The molecule has 146 valence electrons. The summed E-state index contributed by atoms with van der Waals surface area (Å²) in [7, 11) is 0. The Labute approximate surface area is 156 Å². The van der Waals surface area contributed by atoms with Gasteiger partial charge in [-0.1, -0.05) is 0 Å². The van der Waals surface area contributed by atoms with Crippen LogP contribution in [0.3, 0.4) is 0 Å². The number of rotatable bonds is 4. The molecule has 1 aliphatic heterocycles. The van der Waals surface area contributed by atoms with E-state index >= 15 is 0 Å². The predicted octanol–water partition coefficient (Wildman–Crippen LogP) is 2.28. The van der Waals surface area contributed by atoms with Crippen LogP contribution in [-0.4, -0.2) is 34.1 Å². The van der Waals surface area contributed by atoms with Crippen LogP contribution >= 0.6 is 0 Å². The molecular weight excluding hydrogens is 354 g/mol. The van der Waals surface area contributed by atoms with E-state index in [2.05, 4.69) is 26.9 Å². The summed E-state index contributed by atoms with van der Waals surface area (Å²) in [5.41, 5.74) is -1.54. The van der Waals surface area contributed by atoms with Crippen molar-refractivity contribution in [3.05, 3.63) is 11.8 Å². The number of hydrogen-bond acceptors (Lipinski definition) is 8. The fraction of sp³-hybridized carbons (Fsp3) is 0.706. The first-order valence-corrected chi connectivity index (χ1v) is 8.81. The van der Waals surface area contributed by atoms with Crippen molar-refractivity contribution < 1.29 is 23.5 Å². The van der Waals surface area contributed by atoms with Gasteiger partial charge in [-0.05, 0) is 46.5 Å². The maximum Gasteiger partial charge on any atom is 0.408 e. The largest absolute Gasteiger partial charge is 0.444 e. The third-order valence-corrected chi connectivity index (χ3v) is 4.55. The molecule has 1 saturated carbocycles. The van der Waals surface area contributed by atoms with Gasteiger partial charge in [-0.3, -0.25) is 0 Å². The average Bonchev–Trinajstić information content (AvgIpc) is 3.09. The van der Waals surface area contributed by atoms with Gasteiger partial charge in [0.25, 0.3) is 0 Å². The number of nitriles is 1. The number of cyclic esters (lactones) is 1. The molecule has 1 aromatic rings. The van der Waals surface area contributed by atoms with Crippen LogP contribution in [0.4, 0.5) is 9.59 Å². The molecule has 2 aliphatic rings. The van der Waals surface area contributed by atoms with Crippen molar-refractivity contribution in [2.45, 2.75) is 70.2 Å². The molecule has 0 bridgehead atoms. The second kappa shape index (κ2) is 6.72. The minimum atomic E-state index is -0.887. The minimum absolute atomic E-state index is 0.119. The summed E-state index contributed by atoms with van der Waals surface area (Å²) < 4.78 is 16.2. The molecule has 0 unspecified atom stereocenters. The second-order valence-electron chi connectivity index (χ2n) is 8.02. The smallest absolute Gasteiger partial charge is 0.408 e. The van der Waals surface area contributed by atoms with Gasteiger partial charge in [0.15, 0.2) is 0 Å². The normalized spacial score (nSPS) is 29.9. The maximum atomic E-state index is 12.3. The first-order valence-electron chi connectivity index (χ1n) is 8.81. The van der Waals surface area contributed by atoms with Gasteiger partial charge in [0.05, 0.1) is 6.07 Å². The topological polar surface area (TPSA) is 139 Å². The molecule has 3 rings (SSSR count). The SMILES string of the molecule is C[C@H]1OC(=O)N[C@@H]1c1nnc(C2(NC(=O)OC(C)(C)C)CC(CC#N)C2)o1. The quantitative estimate of drug-likeness (QED) is 0.814. The summed E-state index contributed by atoms with van der Waals surface area (Å²) in [6.07, 6.45) is -0.236. The number of hydrogen-bond donors (Lipinski definition) is 2. The highest BCUT2D eigenvalue weighted by molar-refractivity contribution is 5.70. The molecule has 0 radical (unpaired) electrons. The van der Waals surface area contributed by atoms with Crippen LogP contribution < -0.4 is 10.6 Å². The zero-order valence-electron chi connectivity index (χ0n) is 15.7.